The van der Waals surface area contributed by atoms with Crippen LogP contribution in [0, 0.1) is 12.8 Å². The van der Waals surface area contributed by atoms with E-state index in [4.69, 9.17) is 4.74 Å². The van der Waals surface area contributed by atoms with Gasteiger partial charge in [0.2, 0.25) is 11.8 Å². The molecule has 34 heavy (non-hydrogen) atoms. The van der Waals surface area contributed by atoms with Gasteiger partial charge in [0.05, 0.1) is 0 Å². The van der Waals surface area contributed by atoms with Crippen molar-refractivity contribution in [1.29, 1.82) is 0 Å². The molecule has 1 aromatic carbocycles. The minimum atomic E-state index is -0.820. The molecule has 1 rings (SSSR count). The van der Waals surface area contributed by atoms with Crippen LogP contribution in [0.3, 0.4) is 0 Å². The third kappa shape index (κ3) is 8.99. The molecule has 0 aromatic heterocycles. The quantitative estimate of drug-likeness (QED) is 0.518. The molecule has 0 saturated carbocycles. The van der Waals surface area contributed by atoms with Crippen LogP contribution >= 0.6 is 0 Å². The van der Waals surface area contributed by atoms with Crippen LogP contribution < -0.4 is 10.6 Å². The summed E-state index contributed by atoms with van der Waals surface area (Å²) < 4.78 is 5.43. The number of carbonyl (C=O) groups excluding carboxylic acids is 3. The molecule has 2 N–H and O–H groups in total. The number of nitrogens with one attached hydrogen (secondary N) is 2. The molecule has 0 bridgehead atoms. The van der Waals surface area contributed by atoms with Gasteiger partial charge in [0, 0.05) is 12.1 Å². The van der Waals surface area contributed by atoms with Gasteiger partial charge in [0.1, 0.15) is 17.7 Å². The van der Waals surface area contributed by atoms with E-state index in [1.807, 2.05) is 72.7 Å². The fraction of sp³-hybridized carbons (Fsp3) is 0.667. The van der Waals surface area contributed by atoms with Gasteiger partial charge in [-0.05, 0) is 71.9 Å². The summed E-state index contributed by atoms with van der Waals surface area (Å²) in [6.45, 7) is 19.2. The summed E-state index contributed by atoms with van der Waals surface area (Å²) >= 11 is 0. The monoisotopic (exact) mass is 475 g/mol. The largest absolute Gasteiger partial charge is 0.444 e. The minimum absolute atomic E-state index is 0.150. The van der Waals surface area contributed by atoms with Gasteiger partial charge in [0.25, 0.3) is 0 Å². The first-order chi connectivity index (χ1) is 15.6. The van der Waals surface area contributed by atoms with Gasteiger partial charge in [-0.1, -0.05) is 51.5 Å². The van der Waals surface area contributed by atoms with Crippen LogP contribution in [0.25, 0.3) is 0 Å². The molecule has 0 spiro atoms. The lowest BCUT2D eigenvalue weighted by molar-refractivity contribution is -0.144. The lowest BCUT2D eigenvalue weighted by Gasteiger charge is -2.37. The first kappa shape index (κ1) is 29.5. The summed E-state index contributed by atoms with van der Waals surface area (Å²) in [6, 6.07) is 5.97. The fourth-order valence-corrected chi connectivity index (χ4v) is 3.69. The van der Waals surface area contributed by atoms with Crippen LogP contribution in [-0.2, 0) is 14.3 Å². The van der Waals surface area contributed by atoms with Crippen molar-refractivity contribution in [3.63, 3.8) is 0 Å². The standard InChI is InChI=1S/C27H45N3O4/c1-11-17-30(24(32)21(18(3)12-2)28-25(33)34-27(8,9)10)22(23(31)29-26(5,6)7)20-16-14-13-15-19(20)4/h13-16,18,21-22H,11-12,17H2,1-10H3,(H,28,33)(H,29,31). The number of hydrogen-bond acceptors (Lipinski definition) is 4. The predicted octanol–water partition coefficient (Wildman–Crippen LogP) is 5.13. The van der Waals surface area contributed by atoms with Crippen molar-refractivity contribution in [3.05, 3.63) is 35.4 Å². The second-order valence-corrected chi connectivity index (χ2v) is 11.0. The Kier molecular flexibility index (Phi) is 10.6. The van der Waals surface area contributed by atoms with Crippen LogP contribution in [0.4, 0.5) is 4.79 Å². The lowest BCUT2D eigenvalue weighted by Crippen LogP contribution is -2.56. The average Bonchev–Trinajstić information content (AvgIpc) is 2.69. The van der Waals surface area contributed by atoms with E-state index in [-0.39, 0.29) is 17.7 Å². The molecular weight excluding hydrogens is 430 g/mol. The summed E-state index contributed by atoms with van der Waals surface area (Å²) in [7, 11) is 0. The highest BCUT2D eigenvalue weighted by molar-refractivity contribution is 5.92. The van der Waals surface area contributed by atoms with Crippen molar-refractivity contribution in [2.75, 3.05) is 6.54 Å². The molecule has 3 unspecified atom stereocenters. The second-order valence-electron chi connectivity index (χ2n) is 11.0. The third-order valence-corrected chi connectivity index (χ3v) is 5.44. The smallest absolute Gasteiger partial charge is 0.408 e. The van der Waals surface area contributed by atoms with E-state index in [9.17, 15) is 14.4 Å². The average molecular weight is 476 g/mol. The number of hydrogen-bond donors (Lipinski definition) is 2. The van der Waals surface area contributed by atoms with E-state index in [0.717, 1.165) is 11.1 Å². The van der Waals surface area contributed by atoms with Gasteiger partial charge in [-0.3, -0.25) is 9.59 Å². The Morgan fingerprint density at radius 1 is 1.03 bits per heavy atom. The molecule has 0 aliphatic heterocycles. The first-order valence-electron chi connectivity index (χ1n) is 12.3. The van der Waals surface area contributed by atoms with Crippen molar-refractivity contribution < 1.29 is 19.1 Å². The Morgan fingerprint density at radius 3 is 2.09 bits per heavy atom. The summed E-state index contributed by atoms with van der Waals surface area (Å²) in [4.78, 5) is 41.8. The van der Waals surface area contributed by atoms with Crippen molar-refractivity contribution in [1.82, 2.24) is 15.5 Å². The van der Waals surface area contributed by atoms with E-state index in [1.54, 1.807) is 25.7 Å². The first-order valence-corrected chi connectivity index (χ1v) is 12.3. The maximum Gasteiger partial charge on any atom is 0.408 e. The van der Waals surface area contributed by atoms with Crippen molar-refractivity contribution in [2.45, 2.75) is 105 Å². The number of alkyl carbamates (subject to hydrolysis) is 1. The van der Waals surface area contributed by atoms with Gasteiger partial charge in [0.15, 0.2) is 0 Å². The highest BCUT2D eigenvalue weighted by Crippen LogP contribution is 2.28. The molecular formula is C27H45N3O4. The van der Waals surface area contributed by atoms with Crippen molar-refractivity contribution in [2.24, 2.45) is 5.92 Å². The van der Waals surface area contributed by atoms with Gasteiger partial charge in [-0.2, -0.15) is 0 Å². The van der Waals surface area contributed by atoms with Gasteiger partial charge in [-0.25, -0.2) is 4.79 Å². The minimum Gasteiger partial charge on any atom is -0.444 e. The maximum absolute atomic E-state index is 14.0. The molecule has 3 amide bonds. The molecule has 0 radical (unpaired) electrons. The highest BCUT2D eigenvalue weighted by Gasteiger charge is 2.38. The summed E-state index contributed by atoms with van der Waals surface area (Å²) in [6.07, 6.45) is 0.695. The van der Waals surface area contributed by atoms with E-state index in [1.165, 1.54) is 0 Å². The number of amides is 3. The molecule has 192 valence electrons. The van der Waals surface area contributed by atoms with E-state index >= 15 is 0 Å². The molecule has 1 aromatic rings. The number of nitrogens with zero attached hydrogens (tertiary/aromatic N) is 1. The van der Waals surface area contributed by atoms with Crippen LogP contribution in [0.15, 0.2) is 24.3 Å². The summed E-state index contributed by atoms with van der Waals surface area (Å²) in [5, 5.41) is 5.83. The highest BCUT2D eigenvalue weighted by atomic mass is 16.6. The Balaban J connectivity index is 3.50. The number of rotatable bonds is 9. The topological polar surface area (TPSA) is 87.7 Å². The van der Waals surface area contributed by atoms with E-state index in [0.29, 0.717) is 19.4 Å². The Bertz CT molecular complexity index is 839. The van der Waals surface area contributed by atoms with E-state index < -0.39 is 29.3 Å². The number of ether oxygens (including phenoxy) is 1. The van der Waals surface area contributed by atoms with Gasteiger partial charge >= 0.3 is 6.09 Å². The molecule has 0 aliphatic rings. The molecule has 0 heterocycles. The SMILES string of the molecule is CCCN(C(=O)C(NC(=O)OC(C)(C)C)C(C)CC)C(C(=O)NC(C)(C)C)c1ccccc1C. The summed E-state index contributed by atoms with van der Waals surface area (Å²) in [5.74, 6) is -0.689. The zero-order valence-electron chi connectivity index (χ0n) is 22.7. The van der Waals surface area contributed by atoms with Gasteiger partial charge < -0.3 is 20.3 Å². The third-order valence-electron chi connectivity index (χ3n) is 5.44. The molecule has 0 fully saturated rings. The number of aryl methyl sites for hydroxylation is 1. The van der Waals surface area contributed by atoms with Crippen molar-refractivity contribution >= 4 is 17.9 Å². The second kappa shape index (κ2) is 12.2. The molecule has 3 atom stereocenters. The van der Waals surface area contributed by atoms with Crippen LogP contribution in [0.1, 0.15) is 92.3 Å². The van der Waals surface area contributed by atoms with Gasteiger partial charge in [-0.15, -0.1) is 0 Å². The maximum atomic E-state index is 14.0. The number of benzene rings is 1. The Morgan fingerprint density at radius 2 is 1.62 bits per heavy atom. The fourth-order valence-electron chi connectivity index (χ4n) is 3.69. The molecule has 7 heteroatoms. The number of carbonyl (C=O) groups is 3. The van der Waals surface area contributed by atoms with E-state index in [2.05, 4.69) is 10.6 Å². The van der Waals surface area contributed by atoms with Crippen LogP contribution in [-0.4, -0.2) is 46.5 Å². The predicted molar refractivity (Wildman–Crippen MR) is 136 cm³/mol. The molecule has 0 saturated heterocycles. The Labute approximate surface area is 206 Å². The molecule has 7 nitrogen and oxygen atoms in total. The Hall–Kier alpha value is -2.57. The summed E-state index contributed by atoms with van der Waals surface area (Å²) in [5.41, 5.74) is 0.535. The normalized spacial score (nSPS) is 14.5. The lowest BCUT2D eigenvalue weighted by atomic mass is 9.93. The molecule has 0 aliphatic carbocycles. The van der Waals surface area contributed by atoms with Crippen molar-refractivity contribution in [3.8, 4) is 0 Å². The van der Waals surface area contributed by atoms with Crippen LogP contribution in [0.2, 0.25) is 0 Å². The zero-order valence-corrected chi connectivity index (χ0v) is 22.7. The zero-order chi connectivity index (χ0) is 26.3. The van der Waals surface area contributed by atoms with Crippen LogP contribution in [0.5, 0.6) is 0 Å².